The highest BCUT2D eigenvalue weighted by molar-refractivity contribution is 6.30. The molecule has 0 radical (unpaired) electrons. The number of amides is 1. The zero-order chi connectivity index (χ0) is 12.3. The number of benzene rings is 1. The standard InChI is InChI=1S/C13H12ClN2O.ClH/c1-15(12-7-5-11(14)6-8-12)13(17)16-9-3-2-4-10-16;/h2-10H,1H3;1H/q+1;/p-1. The molecule has 0 atom stereocenters. The molecule has 1 aromatic carbocycles. The van der Waals surface area contributed by atoms with E-state index in [1.165, 1.54) is 4.57 Å². The molecule has 18 heavy (non-hydrogen) atoms. The van der Waals surface area contributed by atoms with E-state index in [1.807, 2.05) is 30.3 Å². The number of hydrogen-bond donors (Lipinski definition) is 0. The van der Waals surface area contributed by atoms with Gasteiger partial charge in [-0.05, 0) is 36.4 Å². The third-order valence-corrected chi connectivity index (χ3v) is 2.69. The summed E-state index contributed by atoms with van der Waals surface area (Å²) < 4.78 is 1.52. The lowest BCUT2D eigenvalue weighted by Gasteiger charge is -2.09. The van der Waals surface area contributed by atoms with Gasteiger partial charge in [0.2, 0.25) is 0 Å². The van der Waals surface area contributed by atoms with Crippen molar-refractivity contribution in [3.63, 3.8) is 0 Å². The van der Waals surface area contributed by atoms with Gasteiger partial charge in [0.15, 0.2) is 0 Å². The van der Waals surface area contributed by atoms with Crippen molar-refractivity contribution in [3.05, 3.63) is 59.9 Å². The molecule has 2 aromatic rings. The maximum absolute atomic E-state index is 12.1. The minimum atomic E-state index is -0.118. The van der Waals surface area contributed by atoms with Crippen LogP contribution in [0.4, 0.5) is 10.5 Å². The van der Waals surface area contributed by atoms with Crippen molar-refractivity contribution >= 4 is 23.3 Å². The molecule has 0 aliphatic carbocycles. The number of aromatic nitrogens is 1. The molecule has 1 aromatic heterocycles. The summed E-state index contributed by atoms with van der Waals surface area (Å²) in [5.74, 6) is 0. The minimum Gasteiger partial charge on any atom is -1.00 e. The molecular formula is C13H12Cl2N2O. The van der Waals surface area contributed by atoms with E-state index in [1.54, 1.807) is 36.5 Å². The van der Waals surface area contributed by atoms with E-state index in [4.69, 9.17) is 11.6 Å². The van der Waals surface area contributed by atoms with Crippen LogP contribution in [0.3, 0.4) is 0 Å². The van der Waals surface area contributed by atoms with Gasteiger partial charge in [-0.25, -0.2) is 0 Å². The van der Waals surface area contributed by atoms with E-state index in [0.717, 1.165) is 5.69 Å². The van der Waals surface area contributed by atoms with Gasteiger partial charge in [0.1, 0.15) is 5.69 Å². The number of hydrogen-bond acceptors (Lipinski definition) is 1. The third-order valence-electron chi connectivity index (χ3n) is 2.44. The van der Waals surface area contributed by atoms with Gasteiger partial charge in [-0.1, -0.05) is 17.7 Å². The van der Waals surface area contributed by atoms with Crippen LogP contribution in [-0.2, 0) is 0 Å². The van der Waals surface area contributed by atoms with Crippen molar-refractivity contribution in [2.45, 2.75) is 0 Å². The lowest BCUT2D eigenvalue weighted by molar-refractivity contribution is -0.569. The summed E-state index contributed by atoms with van der Waals surface area (Å²) in [7, 11) is 1.73. The van der Waals surface area contributed by atoms with Crippen molar-refractivity contribution in [3.8, 4) is 0 Å². The highest BCUT2D eigenvalue weighted by atomic mass is 35.5. The molecule has 1 amide bonds. The summed E-state index contributed by atoms with van der Waals surface area (Å²) in [6.07, 6.45) is 3.43. The monoisotopic (exact) mass is 282 g/mol. The Hall–Kier alpha value is -1.58. The lowest BCUT2D eigenvalue weighted by atomic mass is 10.3. The molecule has 94 valence electrons. The predicted octanol–water partition coefficient (Wildman–Crippen LogP) is -0.264. The first-order chi connectivity index (χ1) is 8.18. The maximum atomic E-state index is 12.1. The fraction of sp³-hybridized carbons (Fsp3) is 0.0769. The molecule has 0 aliphatic heterocycles. The SMILES string of the molecule is CN(C(=O)[n+]1ccccc1)c1ccc(Cl)cc1.[Cl-]. The Morgan fingerprint density at radius 2 is 1.67 bits per heavy atom. The molecule has 0 fully saturated rings. The largest absolute Gasteiger partial charge is 1.00 e. The Bertz CT molecular complexity index is 514. The Balaban J connectivity index is 0.00000162. The Labute approximate surface area is 117 Å². The summed E-state index contributed by atoms with van der Waals surface area (Å²) in [6.45, 7) is 0. The third kappa shape index (κ3) is 3.22. The molecule has 0 saturated heterocycles. The molecule has 0 aliphatic rings. The molecule has 0 N–H and O–H groups in total. The normalized spacial score (nSPS) is 9.44. The molecule has 1 heterocycles. The quantitative estimate of drug-likeness (QED) is 0.662. The highest BCUT2D eigenvalue weighted by Gasteiger charge is 2.21. The van der Waals surface area contributed by atoms with E-state index in [2.05, 4.69) is 0 Å². The molecule has 0 unspecified atom stereocenters. The van der Waals surface area contributed by atoms with Crippen LogP contribution in [0.15, 0.2) is 54.9 Å². The smallest absolute Gasteiger partial charge is 0.502 e. The Kier molecular flexibility index (Phi) is 5.13. The number of halogens is 2. The second kappa shape index (κ2) is 6.38. The number of carbonyl (C=O) groups is 1. The fourth-order valence-electron chi connectivity index (χ4n) is 1.47. The highest BCUT2D eigenvalue weighted by Crippen LogP contribution is 2.16. The van der Waals surface area contributed by atoms with Crippen LogP contribution in [0, 0.1) is 0 Å². The number of pyridine rings is 1. The Morgan fingerprint density at radius 3 is 2.22 bits per heavy atom. The molecule has 0 bridgehead atoms. The first-order valence-electron chi connectivity index (χ1n) is 5.18. The molecule has 0 spiro atoms. The van der Waals surface area contributed by atoms with Crippen molar-refractivity contribution < 1.29 is 21.8 Å². The van der Waals surface area contributed by atoms with Gasteiger partial charge < -0.3 is 12.4 Å². The van der Waals surface area contributed by atoms with Crippen molar-refractivity contribution in [2.75, 3.05) is 11.9 Å². The molecule has 3 nitrogen and oxygen atoms in total. The topological polar surface area (TPSA) is 24.2 Å². The summed E-state index contributed by atoms with van der Waals surface area (Å²) >= 11 is 5.80. The van der Waals surface area contributed by atoms with Gasteiger partial charge in [0, 0.05) is 5.02 Å². The minimum absolute atomic E-state index is 0. The predicted molar refractivity (Wildman–Crippen MR) is 67.3 cm³/mol. The second-order valence-corrected chi connectivity index (χ2v) is 4.04. The summed E-state index contributed by atoms with van der Waals surface area (Å²) in [6, 6.07) is 12.5. The van der Waals surface area contributed by atoms with Gasteiger partial charge in [-0.2, -0.15) is 14.3 Å². The van der Waals surface area contributed by atoms with Crippen molar-refractivity contribution in [1.29, 1.82) is 0 Å². The molecular weight excluding hydrogens is 271 g/mol. The van der Waals surface area contributed by atoms with Crippen LogP contribution < -0.4 is 21.9 Å². The van der Waals surface area contributed by atoms with Gasteiger partial charge >= 0.3 is 6.03 Å². The maximum Gasteiger partial charge on any atom is 0.502 e. The van der Waals surface area contributed by atoms with E-state index in [0.29, 0.717) is 5.02 Å². The van der Waals surface area contributed by atoms with Crippen molar-refractivity contribution in [1.82, 2.24) is 0 Å². The van der Waals surface area contributed by atoms with E-state index < -0.39 is 0 Å². The molecule has 2 rings (SSSR count). The fourth-order valence-corrected chi connectivity index (χ4v) is 1.60. The number of nitrogens with zero attached hydrogens (tertiary/aromatic N) is 2. The second-order valence-electron chi connectivity index (χ2n) is 3.60. The van der Waals surface area contributed by atoms with Crippen LogP contribution in [0.2, 0.25) is 5.02 Å². The summed E-state index contributed by atoms with van der Waals surface area (Å²) in [5.41, 5.74) is 0.802. The van der Waals surface area contributed by atoms with E-state index in [9.17, 15) is 4.79 Å². The summed E-state index contributed by atoms with van der Waals surface area (Å²) in [5, 5.41) is 0.655. The van der Waals surface area contributed by atoms with Gasteiger partial charge in [0.05, 0.1) is 19.4 Å². The van der Waals surface area contributed by atoms with E-state index in [-0.39, 0.29) is 18.4 Å². The van der Waals surface area contributed by atoms with Crippen molar-refractivity contribution in [2.24, 2.45) is 0 Å². The molecule has 5 heteroatoms. The van der Waals surface area contributed by atoms with Crippen LogP contribution >= 0.6 is 11.6 Å². The average molecular weight is 283 g/mol. The van der Waals surface area contributed by atoms with Gasteiger partial charge in [-0.15, -0.1) is 0 Å². The van der Waals surface area contributed by atoms with Crippen LogP contribution in [-0.4, -0.2) is 13.1 Å². The number of rotatable bonds is 1. The molecule has 0 saturated carbocycles. The van der Waals surface area contributed by atoms with Gasteiger partial charge in [0.25, 0.3) is 0 Å². The van der Waals surface area contributed by atoms with Crippen LogP contribution in [0.5, 0.6) is 0 Å². The summed E-state index contributed by atoms with van der Waals surface area (Å²) in [4.78, 5) is 13.7. The van der Waals surface area contributed by atoms with Crippen LogP contribution in [0.25, 0.3) is 0 Å². The van der Waals surface area contributed by atoms with E-state index >= 15 is 0 Å². The number of carbonyl (C=O) groups excluding carboxylic acids is 1. The lowest BCUT2D eigenvalue weighted by Crippen LogP contribution is -3.00. The number of anilines is 1. The van der Waals surface area contributed by atoms with Gasteiger partial charge in [-0.3, -0.25) is 0 Å². The average Bonchev–Trinajstić information content (AvgIpc) is 2.39. The first kappa shape index (κ1) is 14.5. The zero-order valence-electron chi connectivity index (χ0n) is 9.75. The zero-order valence-corrected chi connectivity index (χ0v) is 11.3. The first-order valence-corrected chi connectivity index (χ1v) is 5.56. The Morgan fingerprint density at radius 1 is 1.11 bits per heavy atom. The van der Waals surface area contributed by atoms with Crippen LogP contribution in [0.1, 0.15) is 0 Å².